The fourth-order valence-electron chi connectivity index (χ4n) is 1.32. The third kappa shape index (κ3) is 4.89. The molecule has 0 radical (unpaired) electrons. The third-order valence-electron chi connectivity index (χ3n) is 2.42. The van der Waals surface area contributed by atoms with Gasteiger partial charge in [0.2, 0.25) is 10.0 Å². The highest BCUT2D eigenvalue weighted by Crippen LogP contribution is 2.02. The molecule has 0 aliphatic rings. The maximum Gasteiger partial charge on any atom is 0.215 e. The second-order valence-corrected chi connectivity index (χ2v) is 6.14. The fourth-order valence-corrected chi connectivity index (χ4v) is 2.28. The van der Waals surface area contributed by atoms with Crippen LogP contribution in [0, 0.1) is 0 Å². The predicted molar refractivity (Wildman–Crippen MR) is 67.1 cm³/mol. The molecule has 0 spiro atoms. The number of nitrogens with one attached hydrogen (secondary N) is 2. The standard InChI is InChI=1S/C11H20N2O3S/c1-3-6-12-8-10(2)17(14,15)13-9-11-5-4-7-16-11/h4-5,7,10,12-13H,3,6,8-9H2,1-2H3. The van der Waals surface area contributed by atoms with Gasteiger partial charge in [-0.05, 0) is 32.0 Å². The Balaban J connectivity index is 2.39. The summed E-state index contributed by atoms with van der Waals surface area (Å²) in [6.07, 6.45) is 2.52. The van der Waals surface area contributed by atoms with Crippen LogP contribution in [-0.4, -0.2) is 26.8 Å². The molecule has 5 nitrogen and oxygen atoms in total. The highest BCUT2D eigenvalue weighted by atomic mass is 32.2. The molecule has 1 heterocycles. The number of hydrogen-bond acceptors (Lipinski definition) is 4. The smallest absolute Gasteiger partial charge is 0.215 e. The lowest BCUT2D eigenvalue weighted by Crippen LogP contribution is -2.38. The van der Waals surface area contributed by atoms with E-state index < -0.39 is 15.3 Å². The first-order chi connectivity index (χ1) is 8.06. The average Bonchev–Trinajstić information content (AvgIpc) is 2.79. The average molecular weight is 260 g/mol. The van der Waals surface area contributed by atoms with Gasteiger partial charge in [0.05, 0.1) is 18.1 Å². The summed E-state index contributed by atoms with van der Waals surface area (Å²) < 4.78 is 31.2. The van der Waals surface area contributed by atoms with E-state index in [4.69, 9.17) is 4.42 Å². The van der Waals surface area contributed by atoms with Crippen LogP contribution in [0.5, 0.6) is 0 Å². The predicted octanol–water partition coefficient (Wildman–Crippen LogP) is 1.09. The van der Waals surface area contributed by atoms with E-state index in [0.29, 0.717) is 12.3 Å². The summed E-state index contributed by atoms with van der Waals surface area (Å²) in [7, 11) is -3.29. The molecule has 0 fully saturated rings. The lowest BCUT2D eigenvalue weighted by Gasteiger charge is -2.13. The van der Waals surface area contributed by atoms with Gasteiger partial charge in [-0.2, -0.15) is 0 Å². The summed E-state index contributed by atoms with van der Waals surface area (Å²) in [6, 6.07) is 3.47. The molecule has 1 unspecified atom stereocenters. The Morgan fingerprint density at radius 3 is 2.82 bits per heavy atom. The molecular formula is C11H20N2O3S. The summed E-state index contributed by atoms with van der Waals surface area (Å²) in [5.41, 5.74) is 0. The molecule has 98 valence electrons. The van der Waals surface area contributed by atoms with Crippen molar-refractivity contribution in [2.45, 2.75) is 32.1 Å². The Hall–Kier alpha value is -0.850. The number of sulfonamides is 1. The molecule has 1 aromatic heterocycles. The van der Waals surface area contributed by atoms with Crippen LogP contribution in [0.2, 0.25) is 0 Å². The third-order valence-corrected chi connectivity index (χ3v) is 4.19. The number of hydrogen-bond donors (Lipinski definition) is 2. The van der Waals surface area contributed by atoms with Gasteiger partial charge in [-0.15, -0.1) is 0 Å². The van der Waals surface area contributed by atoms with Crippen molar-refractivity contribution in [1.29, 1.82) is 0 Å². The molecule has 1 atom stereocenters. The first kappa shape index (κ1) is 14.2. The number of rotatable bonds is 8. The van der Waals surface area contributed by atoms with E-state index in [1.165, 1.54) is 6.26 Å². The highest BCUT2D eigenvalue weighted by molar-refractivity contribution is 7.90. The van der Waals surface area contributed by atoms with Gasteiger partial charge >= 0.3 is 0 Å². The minimum atomic E-state index is -3.29. The van der Waals surface area contributed by atoms with Crippen LogP contribution in [0.25, 0.3) is 0 Å². The zero-order chi connectivity index (χ0) is 12.7. The Bertz CT molecular complexity index is 400. The van der Waals surface area contributed by atoms with Gasteiger partial charge in [0, 0.05) is 6.54 Å². The fraction of sp³-hybridized carbons (Fsp3) is 0.636. The van der Waals surface area contributed by atoms with Crippen LogP contribution in [0.15, 0.2) is 22.8 Å². The van der Waals surface area contributed by atoms with Gasteiger partial charge in [-0.25, -0.2) is 13.1 Å². The van der Waals surface area contributed by atoms with E-state index in [1.807, 2.05) is 6.92 Å². The molecule has 1 rings (SSSR count). The SMILES string of the molecule is CCCNCC(C)S(=O)(=O)NCc1ccco1. The van der Waals surface area contributed by atoms with Crippen LogP contribution in [0.3, 0.4) is 0 Å². The molecule has 0 saturated heterocycles. The van der Waals surface area contributed by atoms with Gasteiger partial charge in [-0.3, -0.25) is 0 Å². The van der Waals surface area contributed by atoms with Crippen molar-refractivity contribution in [2.24, 2.45) is 0 Å². The summed E-state index contributed by atoms with van der Waals surface area (Å²) in [5, 5.41) is 2.64. The second-order valence-electron chi connectivity index (χ2n) is 3.96. The van der Waals surface area contributed by atoms with Crippen LogP contribution in [-0.2, 0) is 16.6 Å². The van der Waals surface area contributed by atoms with E-state index in [0.717, 1.165) is 13.0 Å². The zero-order valence-electron chi connectivity index (χ0n) is 10.3. The molecule has 6 heteroatoms. The van der Waals surface area contributed by atoms with Crippen LogP contribution >= 0.6 is 0 Å². The molecule has 2 N–H and O–H groups in total. The van der Waals surface area contributed by atoms with E-state index >= 15 is 0 Å². The maximum atomic E-state index is 11.8. The number of furan rings is 1. The van der Waals surface area contributed by atoms with Crippen LogP contribution < -0.4 is 10.0 Å². The molecule has 0 aliphatic heterocycles. The molecular weight excluding hydrogens is 240 g/mol. The van der Waals surface area contributed by atoms with Crippen molar-refractivity contribution >= 4 is 10.0 Å². The minimum absolute atomic E-state index is 0.202. The van der Waals surface area contributed by atoms with Crippen molar-refractivity contribution in [3.63, 3.8) is 0 Å². The Labute approximate surface area is 103 Å². The summed E-state index contributed by atoms with van der Waals surface area (Å²) in [5.74, 6) is 0.613. The van der Waals surface area contributed by atoms with Crippen molar-refractivity contribution in [3.8, 4) is 0 Å². The van der Waals surface area contributed by atoms with Crippen molar-refractivity contribution < 1.29 is 12.8 Å². The molecule has 0 saturated carbocycles. The van der Waals surface area contributed by atoms with Crippen molar-refractivity contribution in [1.82, 2.24) is 10.0 Å². The van der Waals surface area contributed by atoms with Gasteiger partial charge in [0.1, 0.15) is 5.76 Å². The first-order valence-electron chi connectivity index (χ1n) is 5.78. The highest BCUT2D eigenvalue weighted by Gasteiger charge is 2.19. The monoisotopic (exact) mass is 260 g/mol. The molecule has 0 aliphatic carbocycles. The molecule has 1 aromatic rings. The maximum absolute atomic E-state index is 11.8. The van der Waals surface area contributed by atoms with E-state index in [1.54, 1.807) is 19.1 Å². The molecule has 0 aromatic carbocycles. The summed E-state index contributed by atoms with van der Waals surface area (Å²) in [6.45, 7) is 5.22. The lowest BCUT2D eigenvalue weighted by atomic mass is 10.4. The molecule has 17 heavy (non-hydrogen) atoms. The van der Waals surface area contributed by atoms with E-state index in [9.17, 15) is 8.42 Å². The zero-order valence-corrected chi connectivity index (χ0v) is 11.1. The van der Waals surface area contributed by atoms with Gasteiger partial charge < -0.3 is 9.73 Å². The Morgan fingerprint density at radius 2 is 2.24 bits per heavy atom. The van der Waals surface area contributed by atoms with E-state index in [2.05, 4.69) is 10.0 Å². The van der Waals surface area contributed by atoms with E-state index in [-0.39, 0.29) is 6.54 Å². The molecule has 0 amide bonds. The Kier molecular flexibility index (Phi) is 5.67. The summed E-state index contributed by atoms with van der Waals surface area (Å²) >= 11 is 0. The van der Waals surface area contributed by atoms with Crippen LogP contribution in [0.1, 0.15) is 26.0 Å². The normalized spacial score (nSPS) is 13.8. The minimum Gasteiger partial charge on any atom is -0.468 e. The molecule has 0 bridgehead atoms. The quantitative estimate of drug-likeness (QED) is 0.686. The largest absolute Gasteiger partial charge is 0.468 e. The first-order valence-corrected chi connectivity index (χ1v) is 7.32. The second kappa shape index (κ2) is 6.78. The van der Waals surface area contributed by atoms with Gasteiger partial charge in [0.25, 0.3) is 0 Å². The van der Waals surface area contributed by atoms with Crippen molar-refractivity contribution in [2.75, 3.05) is 13.1 Å². The van der Waals surface area contributed by atoms with Gasteiger partial charge in [-0.1, -0.05) is 6.92 Å². The summed E-state index contributed by atoms with van der Waals surface area (Å²) in [4.78, 5) is 0. The van der Waals surface area contributed by atoms with Gasteiger partial charge in [0.15, 0.2) is 0 Å². The Morgan fingerprint density at radius 1 is 1.47 bits per heavy atom. The lowest BCUT2D eigenvalue weighted by molar-refractivity contribution is 0.495. The topological polar surface area (TPSA) is 71.3 Å². The van der Waals surface area contributed by atoms with Crippen LogP contribution in [0.4, 0.5) is 0 Å². The van der Waals surface area contributed by atoms with Crippen molar-refractivity contribution in [3.05, 3.63) is 24.2 Å².